The first-order valence-electron chi connectivity index (χ1n) is 8.52. The van der Waals surface area contributed by atoms with E-state index in [0.29, 0.717) is 24.9 Å². The topological polar surface area (TPSA) is 87.4 Å². The highest BCUT2D eigenvalue weighted by Crippen LogP contribution is 2.33. The van der Waals surface area contributed by atoms with Crippen molar-refractivity contribution in [1.82, 2.24) is 20.6 Å². The molecule has 148 valence electrons. The van der Waals surface area contributed by atoms with Gasteiger partial charge < -0.3 is 20.4 Å². The minimum absolute atomic E-state index is 0.195. The number of nitrogens with one attached hydrogen (secondary N) is 3. The molecule has 2 rings (SSSR count). The van der Waals surface area contributed by atoms with Gasteiger partial charge in [-0.15, -0.1) is 0 Å². The molecule has 0 bridgehead atoms. The lowest BCUT2D eigenvalue weighted by Gasteiger charge is -2.14. The van der Waals surface area contributed by atoms with Crippen LogP contribution in [0.2, 0.25) is 0 Å². The molecular weight excluding hydrogens is 361 g/mol. The second-order valence-electron chi connectivity index (χ2n) is 5.70. The van der Waals surface area contributed by atoms with Crippen LogP contribution in [-0.2, 0) is 12.7 Å². The van der Waals surface area contributed by atoms with Gasteiger partial charge in [0.1, 0.15) is 18.1 Å². The summed E-state index contributed by atoms with van der Waals surface area (Å²) in [4.78, 5) is 12.4. The Hall–Kier alpha value is -2.78. The van der Waals surface area contributed by atoms with Crippen LogP contribution in [0.4, 0.5) is 19.0 Å². The first kappa shape index (κ1) is 20.5. The van der Waals surface area contributed by atoms with E-state index in [9.17, 15) is 13.2 Å². The number of nitrogens with zero attached hydrogens (tertiary/aromatic N) is 3. The number of aliphatic imine (C=N–C) groups is 1. The van der Waals surface area contributed by atoms with Gasteiger partial charge in [0, 0.05) is 25.8 Å². The SMILES string of the molecule is CCNC(=NCc1nc(C)c(C)o1)NCCNc1ncccc1C(F)(F)F. The van der Waals surface area contributed by atoms with Gasteiger partial charge in [0.2, 0.25) is 5.89 Å². The zero-order valence-corrected chi connectivity index (χ0v) is 15.4. The van der Waals surface area contributed by atoms with Crippen molar-refractivity contribution in [2.24, 2.45) is 4.99 Å². The zero-order chi connectivity index (χ0) is 19.9. The van der Waals surface area contributed by atoms with Crippen molar-refractivity contribution in [1.29, 1.82) is 0 Å². The summed E-state index contributed by atoms with van der Waals surface area (Å²) in [5, 5.41) is 8.79. The molecule has 0 atom stereocenters. The van der Waals surface area contributed by atoms with Crippen LogP contribution in [0.5, 0.6) is 0 Å². The molecule has 0 spiro atoms. The second-order valence-corrected chi connectivity index (χ2v) is 5.70. The number of anilines is 1. The fraction of sp³-hybridized carbons (Fsp3) is 0.471. The normalized spacial score (nSPS) is 12.1. The number of aromatic nitrogens is 2. The summed E-state index contributed by atoms with van der Waals surface area (Å²) in [5.74, 6) is 1.58. The van der Waals surface area contributed by atoms with Gasteiger partial charge in [-0.25, -0.2) is 15.0 Å². The second kappa shape index (κ2) is 9.24. The van der Waals surface area contributed by atoms with E-state index < -0.39 is 11.7 Å². The first-order chi connectivity index (χ1) is 12.8. The molecule has 2 aromatic heterocycles. The number of hydrogen-bond donors (Lipinski definition) is 3. The summed E-state index contributed by atoms with van der Waals surface area (Å²) in [7, 11) is 0. The largest absolute Gasteiger partial charge is 0.444 e. The summed E-state index contributed by atoms with van der Waals surface area (Å²) in [6, 6.07) is 2.25. The number of guanidine groups is 1. The Labute approximate surface area is 155 Å². The maximum atomic E-state index is 12.9. The highest BCUT2D eigenvalue weighted by molar-refractivity contribution is 5.79. The molecule has 0 aliphatic carbocycles. The van der Waals surface area contributed by atoms with E-state index in [0.717, 1.165) is 17.5 Å². The van der Waals surface area contributed by atoms with Gasteiger partial charge in [0.15, 0.2) is 5.96 Å². The summed E-state index contributed by atoms with van der Waals surface area (Å²) < 4.78 is 44.3. The molecule has 27 heavy (non-hydrogen) atoms. The van der Waals surface area contributed by atoms with Crippen molar-refractivity contribution in [3.05, 3.63) is 41.2 Å². The Morgan fingerprint density at radius 1 is 1.22 bits per heavy atom. The van der Waals surface area contributed by atoms with Gasteiger partial charge in [-0.2, -0.15) is 13.2 Å². The van der Waals surface area contributed by atoms with E-state index in [-0.39, 0.29) is 18.9 Å². The summed E-state index contributed by atoms with van der Waals surface area (Å²) in [6.45, 7) is 7.09. The van der Waals surface area contributed by atoms with E-state index in [4.69, 9.17) is 4.42 Å². The van der Waals surface area contributed by atoms with Crippen molar-refractivity contribution < 1.29 is 17.6 Å². The molecule has 0 aliphatic heterocycles. The Bertz CT molecular complexity index is 753. The lowest BCUT2D eigenvalue weighted by atomic mass is 10.2. The molecule has 3 N–H and O–H groups in total. The van der Waals surface area contributed by atoms with Gasteiger partial charge >= 0.3 is 6.18 Å². The molecule has 0 radical (unpaired) electrons. The highest BCUT2D eigenvalue weighted by Gasteiger charge is 2.33. The van der Waals surface area contributed by atoms with Crippen LogP contribution in [0.25, 0.3) is 0 Å². The minimum Gasteiger partial charge on any atom is -0.444 e. The van der Waals surface area contributed by atoms with Crippen molar-refractivity contribution in [2.75, 3.05) is 25.0 Å². The zero-order valence-electron chi connectivity index (χ0n) is 15.4. The smallest absolute Gasteiger partial charge is 0.419 e. The number of rotatable bonds is 7. The van der Waals surface area contributed by atoms with E-state index in [1.807, 2.05) is 20.8 Å². The van der Waals surface area contributed by atoms with Gasteiger partial charge in [-0.1, -0.05) is 0 Å². The predicted molar refractivity (Wildman–Crippen MR) is 96.5 cm³/mol. The van der Waals surface area contributed by atoms with E-state index >= 15 is 0 Å². The number of hydrogen-bond acceptors (Lipinski definition) is 5. The summed E-state index contributed by atoms with van der Waals surface area (Å²) in [6.07, 6.45) is -3.14. The fourth-order valence-corrected chi connectivity index (χ4v) is 2.23. The van der Waals surface area contributed by atoms with Crippen LogP contribution in [0.3, 0.4) is 0 Å². The van der Waals surface area contributed by atoms with Crippen LogP contribution in [0, 0.1) is 13.8 Å². The molecule has 0 fully saturated rings. The molecule has 0 aromatic carbocycles. The standard InChI is InChI=1S/C17H23F3N6O/c1-4-21-16(25-10-14-26-11(2)12(3)27-14)24-9-8-23-15-13(17(18,19)20)6-5-7-22-15/h5-7H,4,8-10H2,1-3H3,(H,22,23)(H2,21,24,25). The van der Waals surface area contributed by atoms with Gasteiger partial charge in [0.05, 0.1) is 11.3 Å². The summed E-state index contributed by atoms with van der Waals surface area (Å²) >= 11 is 0. The van der Waals surface area contributed by atoms with Gasteiger partial charge in [-0.3, -0.25) is 0 Å². The number of pyridine rings is 1. The van der Waals surface area contributed by atoms with Crippen LogP contribution in [0.15, 0.2) is 27.7 Å². The monoisotopic (exact) mass is 384 g/mol. The van der Waals surface area contributed by atoms with Crippen LogP contribution in [0.1, 0.15) is 29.8 Å². The third kappa shape index (κ3) is 6.15. The van der Waals surface area contributed by atoms with Crippen molar-refractivity contribution in [3.8, 4) is 0 Å². The maximum absolute atomic E-state index is 12.9. The number of alkyl halides is 3. The van der Waals surface area contributed by atoms with E-state index in [1.54, 1.807) is 0 Å². The quantitative estimate of drug-likeness (QED) is 0.387. The predicted octanol–water partition coefficient (Wildman–Crippen LogP) is 2.87. The molecule has 0 amide bonds. The van der Waals surface area contributed by atoms with Gasteiger partial charge in [0.25, 0.3) is 0 Å². The maximum Gasteiger partial charge on any atom is 0.419 e. The third-order valence-electron chi connectivity index (χ3n) is 3.61. The number of oxazole rings is 1. The van der Waals surface area contributed by atoms with Crippen molar-refractivity contribution in [2.45, 2.75) is 33.5 Å². The first-order valence-corrected chi connectivity index (χ1v) is 8.52. The van der Waals surface area contributed by atoms with Crippen molar-refractivity contribution in [3.63, 3.8) is 0 Å². The van der Waals surface area contributed by atoms with Crippen molar-refractivity contribution >= 4 is 11.8 Å². The average Bonchev–Trinajstić information content (AvgIpc) is 2.94. The highest BCUT2D eigenvalue weighted by atomic mass is 19.4. The van der Waals surface area contributed by atoms with E-state index in [1.165, 1.54) is 12.3 Å². The Balaban J connectivity index is 1.89. The fourth-order valence-electron chi connectivity index (χ4n) is 2.23. The molecule has 10 heteroatoms. The molecule has 2 heterocycles. The van der Waals surface area contributed by atoms with Crippen LogP contribution >= 0.6 is 0 Å². The molecular formula is C17H23F3N6O. The molecule has 0 saturated heterocycles. The Morgan fingerprint density at radius 2 is 2.00 bits per heavy atom. The Morgan fingerprint density at radius 3 is 2.63 bits per heavy atom. The van der Waals surface area contributed by atoms with Gasteiger partial charge in [-0.05, 0) is 32.9 Å². The molecule has 7 nitrogen and oxygen atoms in total. The number of halogens is 3. The molecule has 0 aliphatic rings. The molecule has 0 unspecified atom stereocenters. The average molecular weight is 384 g/mol. The third-order valence-corrected chi connectivity index (χ3v) is 3.61. The summed E-state index contributed by atoms with van der Waals surface area (Å²) in [5.41, 5.74) is 0.0263. The lowest BCUT2D eigenvalue weighted by Crippen LogP contribution is -2.39. The minimum atomic E-state index is -4.45. The Kier molecular flexibility index (Phi) is 7.03. The van der Waals surface area contributed by atoms with E-state index in [2.05, 4.69) is 30.9 Å². The lowest BCUT2D eigenvalue weighted by molar-refractivity contribution is -0.137. The number of aryl methyl sites for hydroxylation is 2. The molecule has 0 saturated carbocycles. The molecule has 2 aromatic rings. The van der Waals surface area contributed by atoms with Crippen LogP contribution < -0.4 is 16.0 Å². The van der Waals surface area contributed by atoms with Crippen LogP contribution in [-0.4, -0.2) is 35.6 Å².